The van der Waals surface area contributed by atoms with Crippen LogP contribution in [0.4, 0.5) is 0 Å². The first-order valence-corrected chi connectivity index (χ1v) is 6.64. The van der Waals surface area contributed by atoms with Crippen LogP contribution in [0.3, 0.4) is 0 Å². The number of carbonyl (C=O) groups excluding carboxylic acids is 1. The zero-order valence-corrected chi connectivity index (χ0v) is 18.4. The van der Waals surface area contributed by atoms with Crippen molar-refractivity contribution in [2.45, 2.75) is 6.61 Å². The summed E-state index contributed by atoms with van der Waals surface area (Å²) >= 11 is 0. The van der Waals surface area contributed by atoms with Crippen molar-refractivity contribution in [3.63, 3.8) is 0 Å². The van der Waals surface area contributed by atoms with Crippen LogP contribution in [0.5, 0.6) is 0 Å². The van der Waals surface area contributed by atoms with Crippen LogP contribution in [0.1, 0.15) is 16.3 Å². The average molecular weight is 470 g/mol. The number of carbonyl (C=O) groups is 1. The van der Waals surface area contributed by atoms with Gasteiger partial charge in [0.2, 0.25) is 0 Å². The Kier molecular flexibility index (Phi) is 9.25. The van der Waals surface area contributed by atoms with Crippen LogP contribution in [0.2, 0.25) is 0 Å². The Balaban J connectivity index is 0.000000222. The van der Waals surface area contributed by atoms with Gasteiger partial charge >= 0.3 is 0 Å². The van der Waals surface area contributed by atoms with Gasteiger partial charge in [0, 0.05) is 76.6 Å². The molecule has 0 aliphatic heterocycles. The molecule has 2 heterocycles. The summed E-state index contributed by atoms with van der Waals surface area (Å²) in [6, 6.07) is 20.1. The quantitative estimate of drug-likeness (QED) is 0.358. The first kappa shape index (κ1) is 21.4. The number of aldehydes is 1. The molecule has 0 aliphatic rings. The van der Waals surface area contributed by atoms with E-state index in [0.29, 0.717) is 17.8 Å². The molecule has 2 radical (unpaired) electrons. The SMILES string of the molecule is O=Cc1cc2c[c-]ccc2o1.OCc1cc2c[c-]ccc2o1.[Y].[Y]. The summed E-state index contributed by atoms with van der Waals surface area (Å²) in [4.78, 5) is 10.3. The first-order valence-electron chi connectivity index (χ1n) is 6.64. The third-order valence-electron chi connectivity index (χ3n) is 3.06. The van der Waals surface area contributed by atoms with Crippen LogP contribution < -0.4 is 0 Å². The zero-order chi connectivity index (χ0) is 15.4. The van der Waals surface area contributed by atoms with Crippen molar-refractivity contribution >= 4 is 28.2 Å². The maximum absolute atomic E-state index is 10.3. The minimum Gasteiger partial charge on any atom is -0.485 e. The molecule has 1 N–H and O–H groups in total. The molecule has 2 aromatic heterocycles. The maximum atomic E-state index is 10.3. The van der Waals surface area contributed by atoms with E-state index in [1.165, 1.54) is 0 Å². The zero-order valence-electron chi connectivity index (χ0n) is 12.7. The van der Waals surface area contributed by atoms with Crippen molar-refractivity contribution in [1.82, 2.24) is 0 Å². The predicted molar refractivity (Wildman–Crippen MR) is 81.4 cm³/mol. The number of hydrogen-bond donors (Lipinski definition) is 1. The third-order valence-corrected chi connectivity index (χ3v) is 3.06. The van der Waals surface area contributed by atoms with Crippen LogP contribution in [0.25, 0.3) is 21.9 Å². The van der Waals surface area contributed by atoms with E-state index in [1.54, 1.807) is 30.3 Å². The number of furan rings is 2. The molecule has 2 aromatic carbocycles. The molecule has 4 aromatic rings. The Morgan fingerprint density at radius 3 is 2.04 bits per heavy atom. The second-order valence-corrected chi connectivity index (χ2v) is 4.57. The van der Waals surface area contributed by atoms with Crippen LogP contribution in [-0.4, -0.2) is 11.4 Å². The van der Waals surface area contributed by atoms with Gasteiger partial charge in [0.15, 0.2) is 12.0 Å². The Bertz CT molecular complexity index is 845. The van der Waals surface area contributed by atoms with Gasteiger partial charge in [-0.1, -0.05) is 22.9 Å². The van der Waals surface area contributed by atoms with E-state index in [0.717, 1.165) is 21.9 Å². The van der Waals surface area contributed by atoms with Crippen molar-refractivity contribution in [1.29, 1.82) is 0 Å². The minimum atomic E-state index is -0.0469. The van der Waals surface area contributed by atoms with Gasteiger partial charge in [-0.05, 0) is 0 Å². The van der Waals surface area contributed by atoms with Crippen molar-refractivity contribution < 1.29 is 84.2 Å². The van der Waals surface area contributed by atoms with Gasteiger partial charge in [-0.2, -0.15) is 36.4 Å². The number of hydrogen-bond acceptors (Lipinski definition) is 4. The van der Waals surface area contributed by atoms with Crippen LogP contribution >= 0.6 is 0 Å². The molecule has 6 heteroatoms. The molecule has 0 fully saturated rings. The molecule has 0 amide bonds. The molecular weight excluding hydrogens is 458 g/mol. The molecule has 116 valence electrons. The Morgan fingerprint density at radius 2 is 1.54 bits per heavy atom. The normalized spacial score (nSPS) is 9.54. The molecule has 0 unspecified atom stereocenters. The summed E-state index contributed by atoms with van der Waals surface area (Å²) in [5.74, 6) is 0.958. The fourth-order valence-electron chi connectivity index (χ4n) is 2.06. The average Bonchev–Trinajstić information content (AvgIpc) is 3.18. The summed E-state index contributed by atoms with van der Waals surface area (Å²) in [6.45, 7) is -0.0469. The van der Waals surface area contributed by atoms with Gasteiger partial charge in [0.05, 0.1) is 6.61 Å². The van der Waals surface area contributed by atoms with E-state index in [2.05, 4.69) is 12.1 Å². The van der Waals surface area contributed by atoms with Crippen molar-refractivity contribution in [3.8, 4) is 0 Å². The second-order valence-electron chi connectivity index (χ2n) is 4.57. The van der Waals surface area contributed by atoms with Gasteiger partial charge in [0.25, 0.3) is 0 Å². The molecule has 0 bridgehead atoms. The van der Waals surface area contributed by atoms with Crippen LogP contribution in [0.15, 0.2) is 57.4 Å². The summed E-state index contributed by atoms with van der Waals surface area (Å²) in [6.07, 6.45) is 0.694. The summed E-state index contributed by atoms with van der Waals surface area (Å²) < 4.78 is 10.4. The summed E-state index contributed by atoms with van der Waals surface area (Å²) in [5.41, 5.74) is 1.53. The standard InChI is InChI=1S/C9H7O2.C9H5O2.2Y/c2*10-6-8-5-7-3-1-2-4-9(7)11-8;;/h2-5,10H,6H2;2-6H;;/q2*-1;;. The number of benzene rings is 2. The van der Waals surface area contributed by atoms with E-state index in [-0.39, 0.29) is 72.0 Å². The number of fused-ring (bicyclic) bond motifs is 2. The van der Waals surface area contributed by atoms with Crippen molar-refractivity contribution in [3.05, 3.63) is 72.2 Å². The number of aliphatic hydroxyl groups excluding tert-OH is 1. The third kappa shape index (κ3) is 5.17. The second kappa shape index (κ2) is 10.4. The monoisotopic (exact) mass is 470 g/mol. The van der Waals surface area contributed by atoms with E-state index < -0.39 is 0 Å². The number of rotatable bonds is 2. The Hall–Kier alpha value is -0.642. The minimum absolute atomic E-state index is 0. The first-order chi connectivity index (χ1) is 10.8. The predicted octanol–water partition coefficient (Wildman–Crippen LogP) is 3.77. The molecular formula is C18H12O4Y2-2. The Labute approximate surface area is 189 Å². The van der Waals surface area contributed by atoms with Crippen molar-refractivity contribution in [2.24, 2.45) is 0 Å². The van der Waals surface area contributed by atoms with Crippen LogP contribution in [0, 0.1) is 12.1 Å². The largest absolute Gasteiger partial charge is 0.485 e. The van der Waals surface area contributed by atoms with Crippen LogP contribution in [-0.2, 0) is 72.0 Å². The molecule has 24 heavy (non-hydrogen) atoms. The molecule has 0 aliphatic carbocycles. The summed E-state index contributed by atoms with van der Waals surface area (Å²) in [5, 5.41) is 10.6. The molecule has 0 saturated heterocycles. The molecule has 0 spiro atoms. The fourth-order valence-corrected chi connectivity index (χ4v) is 2.06. The van der Waals surface area contributed by atoms with Gasteiger partial charge in [-0.15, -0.1) is 12.1 Å². The van der Waals surface area contributed by atoms with Gasteiger partial charge < -0.3 is 13.9 Å². The van der Waals surface area contributed by atoms with E-state index >= 15 is 0 Å². The van der Waals surface area contributed by atoms with E-state index in [9.17, 15) is 4.79 Å². The molecule has 0 atom stereocenters. The smallest absolute Gasteiger partial charge is 0.184 e. The van der Waals surface area contributed by atoms with Gasteiger partial charge in [-0.3, -0.25) is 4.79 Å². The summed E-state index contributed by atoms with van der Waals surface area (Å²) in [7, 11) is 0. The Morgan fingerprint density at radius 1 is 0.958 bits per heavy atom. The van der Waals surface area contributed by atoms with E-state index in [1.807, 2.05) is 18.2 Å². The molecule has 4 rings (SSSR count). The van der Waals surface area contributed by atoms with Crippen molar-refractivity contribution in [2.75, 3.05) is 0 Å². The molecule has 0 saturated carbocycles. The van der Waals surface area contributed by atoms with Gasteiger partial charge in [-0.25, -0.2) is 0 Å². The van der Waals surface area contributed by atoms with E-state index in [4.69, 9.17) is 13.9 Å². The van der Waals surface area contributed by atoms with Gasteiger partial charge in [0.1, 0.15) is 5.76 Å². The topological polar surface area (TPSA) is 63.6 Å². The maximum Gasteiger partial charge on any atom is 0.184 e. The number of aliphatic hydroxyl groups is 1. The molecule has 4 nitrogen and oxygen atoms in total. The fraction of sp³-hybridized carbons (Fsp3) is 0.0556.